The van der Waals surface area contributed by atoms with Crippen LogP contribution in [0.2, 0.25) is 0 Å². The molecule has 3 aromatic carbocycles. The summed E-state index contributed by atoms with van der Waals surface area (Å²) in [5.41, 5.74) is 11.8. The van der Waals surface area contributed by atoms with E-state index in [1.165, 1.54) is 65.3 Å². The lowest BCUT2D eigenvalue weighted by Gasteiger charge is -2.20. The highest BCUT2D eigenvalue weighted by molar-refractivity contribution is 5.75. The predicted octanol–water partition coefficient (Wildman–Crippen LogP) is 14.7. The molecule has 2 heteroatoms. The van der Waals surface area contributed by atoms with E-state index in [1.807, 2.05) is 20.8 Å². The van der Waals surface area contributed by atoms with Gasteiger partial charge in [0.1, 0.15) is 0 Å². The zero-order valence-electron chi connectivity index (χ0n) is 36.2. The second kappa shape index (κ2) is 21.5. The molecule has 0 spiro atoms. The first-order chi connectivity index (χ1) is 23.0. The molecule has 3 rings (SSSR count). The van der Waals surface area contributed by atoms with E-state index in [4.69, 9.17) is 0 Å². The minimum absolute atomic E-state index is 0.134. The third-order valence-corrected chi connectivity index (χ3v) is 10.4. The Morgan fingerprint density at radius 3 is 1.12 bits per heavy atom. The Kier molecular flexibility index (Phi) is 20.3. The van der Waals surface area contributed by atoms with E-state index in [0.29, 0.717) is 17.8 Å². The van der Waals surface area contributed by atoms with Crippen LogP contribution in [0.15, 0.2) is 60.7 Å². The number of hydrogen-bond acceptors (Lipinski definition) is 2. The van der Waals surface area contributed by atoms with Gasteiger partial charge in [-0.2, -0.15) is 0 Å². The van der Waals surface area contributed by atoms with Crippen LogP contribution in [0.5, 0.6) is 0 Å². The van der Waals surface area contributed by atoms with Gasteiger partial charge in [0.05, 0.1) is 12.5 Å². The standard InChI is InChI=1S/2C14H22.C13H20.C7H14O2/c2*1-6-11(2)12-7-9-13(10-8-12)14(3,4)5;1-6-10(3)13-11(4)7-9(2)8-12(13)5;1-5-7(2,3)6(8)9-4/h2*7-11H,6H2,1-5H3;7-8,10H,6H2,1-5H3;5H2,1-4H3. The van der Waals surface area contributed by atoms with Crippen molar-refractivity contribution in [2.45, 2.75) is 179 Å². The molecule has 282 valence electrons. The maximum absolute atomic E-state index is 10.8. The molecule has 0 aromatic heterocycles. The van der Waals surface area contributed by atoms with Crippen LogP contribution in [0.3, 0.4) is 0 Å². The normalized spacial score (nSPS) is 13.3. The molecule has 0 saturated carbocycles. The number of carbonyl (C=O) groups excluding carboxylic acids is 1. The van der Waals surface area contributed by atoms with Crippen molar-refractivity contribution in [2.75, 3.05) is 7.11 Å². The maximum Gasteiger partial charge on any atom is 0.311 e. The third-order valence-electron chi connectivity index (χ3n) is 10.4. The fourth-order valence-electron chi connectivity index (χ4n) is 5.69. The van der Waals surface area contributed by atoms with Crippen LogP contribution in [0.4, 0.5) is 0 Å². The average molecular weight is 687 g/mol. The van der Waals surface area contributed by atoms with Crippen LogP contribution in [0, 0.1) is 26.2 Å². The summed E-state index contributed by atoms with van der Waals surface area (Å²) < 4.78 is 4.57. The molecule has 0 heterocycles. The zero-order chi connectivity index (χ0) is 39.0. The second-order valence-electron chi connectivity index (χ2n) is 17.2. The highest BCUT2D eigenvalue weighted by atomic mass is 16.5. The van der Waals surface area contributed by atoms with Gasteiger partial charge in [0.25, 0.3) is 0 Å². The quantitative estimate of drug-likeness (QED) is 0.220. The first kappa shape index (κ1) is 47.1. The summed E-state index contributed by atoms with van der Waals surface area (Å²) in [4.78, 5) is 10.8. The van der Waals surface area contributed by atoms with E-state index in [2.05, 4.69) is 169 Å². The zero-order valence-corrected chi connectivity index (χ0v) is 36.2. The van der Waals surface area contributed by atoms with Gasteiger partial charge in [-0.1, -0.05) is 156 Å². The van der Waals surface area contributed by atoms with E-state index in [0.717, 1.165) is 6.42 Å². The summed E-state index contributed by atoms with van der Waals surface area (Å²) >= 11 is 0. The molecule has 2 nitrogen and oxygen atoms in total. The lowest BCUT2D eigenvalue weighted by atomic mass is 9.85. The smallest absolute Gasteiger partial charge is 0.311 e. The third kappa shape index (κ3) is 16.0. The number of methoxy groups -OCH3 is 1. The molecule has 0 aliphatic heterocycles. The van der Waals surface area contributed by atoms with Crippen molar-refractivity contribution >= 4 is 5.97 Å². The lowest BCUT2D eigenvalue weighted by Crippen LogP contribution is -2.24. The Morgan fingerprint density at radius 2 is 0.900 bits per heavy atom. The average Bonchev–Trinajstić information content (AvgIpc) is 3.06. The van der Waals surface area contributed by atoms with Crippen molar-refractivity contribution in [3.63, 3.8) is 0 Å². The highest BCUT2D eigenvalue weighted by Gasteiger charge is 2.25. The Balaban J connectivity index is 0.000000649. The summed E-state index contributed by atoms with van der Waals surface area (Å²) in [5.74, 6) is 1.93. The summed E-state index contributed by atoms with van der Waals surface area (Å²) in [6.07, 6.45) is 4.48. The highest BCUT2D eigenvalue weighted by Crippen LogP contribution is 2.28. The van der Waals surface area contributed by atoms with E-state index in [1.54, 1.807) is 5.56 Å². The summed E-state index contributed by atoms with van der Waals surface area (Å²) in [5, 5.41) is 0. The van der Waals surface area contributed by atoms with Crippen molar-refractivity contribution in [1.82, 2.24) is 0 Å². The summed E-state index contributed by atoms with van der Waals surface area (Å²) in [6.45, 7) is 39.5. The first-order valence-electron chi connectivity index (χ1n) is 19.4. The number of rotatable bonds is 8. The van der Waals surface area contributed by atoms with Gasteiger partial charge >= 0.3 is 5.97 Å². The van der Waals surface area contributed by atoms with Crippen LogP contribution in [0.1, 0.15) is 192 Å². The molecule has 0 amide bonds. The van der Waals surface area contributed by atoms with E-state index in [-0.39, 0.29) is 22.2 Å². The fraction of sp³-hybridized carbons (Fsp3) is 0.604. The molecule has 3 atom stereocenters. The molecule has 0 bridgehead atoms. The number of benzene rings is 3. The van der Waals surface area contributed by atoms with Crippen LogP contribution < -0.4 is 0 Å². The minimum Gasteiger partial charge on any atom is -0.469 e. The van der Waals surface area contributed by atoms with Gasteiger partial charge in [-0.3, -0.25) is 4.79 Å². The molecule has 0 radical (unpaired) electrons. The number of hydrogen-bond donors (Lipinski definition) is 0. The number of carbonyl (C=O) groups is 1. The Labute approximate surface area is 311 Å². The largest absolute Gasteiger partial charge is 0.469 e. The molecule has 0 aliphatic rings. The molecule has 3 unspecified atom stereocenters. The van der Waals surface area contributed by atoms with Crippen LogP contribution in [0.25, 0.3) is 0 Å². The van der Waals surface area contributed by atoms with Crippen molar-refractivity contribution < 1.29 is 9.53 Å². The monoisotopic (exact) mass is 687 g/mol. The fourth-order valence-corrected chi connectivity index (χ4v) is 5.69. The number of aryl methyl sites for hydroxylation is 3. The van der Waals surface area contributed by atoms with Gasteiger partial charge in [0, 0.05) is 0 Å². The lowest BCUT2D eigenvalue weighted by molar-refractivity contribution is -0.150. The van der Waals surface area contributed by atoms with Crippen molar-refractivity contribution in [2.24, 2.45) is 5.41 Å². The van der Waals surface area contributed by atoms with Crippen molar-refractivity contribution in [3.05, 3.63) is 105 Å². The molecule has 0 N–H and O–H groups in total. The van der Waals surface area contributed by atoms with E-state index < -0.39 is 0 Å². The molecule has 0 aliphatic carbocycles. The van der Waals surface area contributed by atoms with Gasteiger partial charge in [-0.25, -0.2) is 0 Å². The molecule has 50 heavy (non-hydrogen) atoms. The molecule has 0 fully saturated rings. The van der Waals surface area contributed by atoms with Gasteiger partial charge in [-0.05, 0) is 128 Å². The summed E-state index contributed by atoms with van der Waals surface area (Å²) in [6, 6.07) is 22.7. The predicted molar refractivity (Wildman–Crippen MR) is 223 cm³/mol. The van der Waals surface area contributed by atoms with Crippen LogP contribution in [-0.2, 0) is 20.4 Å². The van der Waals surface area contributed by atoms with Gasteiger partial charge in [0.2, 0.25) is 0 Å². The molecular formula is C48H78O2. The maximum atomic E-state index is 10.8. The SMILES string of the molecule is CCC(C)(C)C(=O)OC.CCC(C)c1c(C)cc(C)cc1C.CCC(C)c1ccc(C(C)(C)C)cc1.CCC(C)c1ccc(C(C)(C)C)cc1. The van der Waals surface area contributed by atoms with Crippen LogP contribution in [-0.4, -0.2) is 13.1 Å². The second-order valence-corrected chi connectivity index (χ2v) is 17.2. The topological polar surface area (TPSA) is 26.3 Å². The van der Waals surface area contributed by atoms with E-state index in [9.17, 15) is 4.79 Å². The molecule has 0 saturated heterocycles. The number of ether oxygens (including phenoxy) is 1. The van der Waals surface area contributed by atoms with Gasteiger partial charge < -0.3 is 4.74 Å². The van der Waals surface area contributed by atoms with Gasteiger partial charge in [0.15, 0.2) is 0 Å². The minimum atomic E-state index is -0.311. The molecular weight excluding hydrogens is 609 g/mol. The van der Waals surface area contributed by atoms with Crippen molar-refractivity contribution in [3.8, 4) is 0 Å². The summed E-state index contributed by atoms with van der Waals surface area (Å²) in [7, 11) is 1.42. The van der Waals surface area contributed by atoms with Crippen molar-refractivity contribution in [1.29, 1.82) is 0 Å². The Bertz CT molecular complexity index is 1290. The van der Waals surface area contributed by atoms with Gasteiger partial charge in [-0.15, -0.1) is 0 Å². The number of esters is 1. The Hall–Kier alpha value is -2.87. The Morgan fingerprint density at radius 1 is 0.580 bits per heavy atom. The van der Waals surface area contributed by atoms with E-state index >= 15 is 0 Å². The molecule has 3 aromatic rings. The first-order valence-corrected chi connectivity index (χ1v) is 19.4. The van der Waals surface area contributed by atoms with Crippen LogP contribution >= 0.6 is 0 Å².